The smallest absolute Gasteiger partial charge is 0.333 e. The van der Waals surface area contributed by atoms with Crippen LogP contribution in [0.1, 0.15) is 41.5 Å². The molecule has 0 spiro atoms. The molecule has 2 aromatic rings. The minimum atomic E-state index is -4.01. The molecule has 0 fully saturated rings. The van der Waals surface area contributed by atoms with Gasteiger partial charge in [0.2, 0.25) is 5.88 Å². The van der Waals surface area contributed by atoms with Gasteiger partial charge in [-0.15, -0.1) is 0 Å². The first-order valence-electron chi connectivity index (χ1n) is 9.85. The molecule has 0 bridgehead atoms. The van der Waals surface area contributed by atoms with Crippen LogP contribution in [0.3, 0.4) is 0 Å². The molecule has 0 unspecified atom stereocenters. The van der Waals surface area contributed by atoms with E-state index in [1.54, 1.807) is 10.8 Å². The second-order valence-corrected chi connectivity index (χ2v) is 9.33. The summed E-state index contributed by atoms with van der Waals surface area (Å²) in [7, 11) is -4.01. The summed E-state index contributed by atoms with van der Waals surface area (Å²) in [4.78, 5) is 12.6. The number of aryl methyl sites for hydroxylation is 3. The molecule has 0 atom stereocenters. The molecule has 2 aliphatic carbocycles. The second-order valence-electron chi connectivity index (χ2n) is 7.67. The summed E-state index contributed by atoms with van der Waals surface area (Å²) in [5.74, 6) is 0.299. The normalized spacial score (nSPS) is 17.4. The first-order chi connectivity index (χ1) is 13.5. The fourth-order valence-corrected chi connectivity index (χ4v) is 5.71. The molecule has 1 aromatic heterocycles. The Bertz CT molecular complexity index is 1040. The minimum Gasteiger partial charge on any atom is -0.478 e. The molecule has 2 amide bonds. The fraction of sp³-hybridized carbons (Fsp3) is 0.450. The number of ether oxygens (including phenoxy) is 1. The van der Waals surface area contributed by atoms with E-state index in [0.29, 0.717) is 19.0 Å². The van der Waals surface area contributed by atoms with Gasteiger partial charge in [0.1, 0.15) is 4.90 Å². The van der Waals surface area contributed by atoms with Crippen LogP contribution in [0.4, 0.5) is 10.5 Å². The summed E-state index contributed by atoms with van der Waals surface area (Å²) in [6.45, 7) is 1.18. The van der Waals surface area contributed by atoms with E-state index in [1.165, 1.54) is 17.2 Å². The van der Waals surface area contributed by atoms with Gasteiger partial charge in [-0.2, -0.15) is 0 Å². The van der Waals surface area contributed by atoms with Crippen LogP contribution in [0.15, 0.2) is 23.2 Å². The molecule has 3 aliphatic rings. The predicted molar refractivity (Wildman–Crippen MR) is 104 cm³/mol. The van der Waals surface area contributed by atoms with Crippen LogP contribution in [0, 0.1) is 0 Å². The lowest BCUT2D eigenvalue weighted by atomic mass is 9.99. The van der Waals surface area contributed by atoms with Crippen molar-refractivity contribution in [1.29, 1.82) is 0 Å². The first kappa shape index (κ1) is 17.6. The van der Waals surface area contributed by atoms with Crippen LogP contribution in [0.25, 0.3) is 0 Å². The lowest BCUT2D eigenvalue weighted by molar-refractivity contribution is 0.234. The number of carbonyl (C=O) groups is 1. The molecular formula is C20H23N3O4S. The minimum absolute atomic E-state index is 0.00543. The van der Waals surface area contributed by atoms with Crippen molar-refractivity contribution in [2.24, 2.45) is 0 Å². The van der Waals surface area contributed by atoms with Crippen LogP contribution in [0.5, 0.6) is 5.88 Å². The van der Waals surface area contributed by atoms with Gasteiger partial charge >= 0.3 is 6.03 Å². The summed E-state index contributed by atoms with van der Waals surface area (Å²) >= 11 is 0. The van der Waals surface area contributed by atoms with E-state index in [9.17, 15) is 13.2 Å². The standard InChI is InChI=1S/C20H23N3O4S/c24-20(22-28(25,26)17-8-10-23-9-3-11-27-19(17)23)21-18-15-6-1-4-13(15)12-14-5-2-7-16(14)18/h8,10,12H,1-7,9,11H2,(H2,21,22,24). The number of nitrogens with zero attached hydrogens (tertiary/aromatic N) is 1. The van der Waals surface area contributed by atoms with Gasteiger partial charge in [0.05, 0.1) is 6.61 Å². The topological polar surface area (TPSA) is 89.4 Å². The van der Waals surface area contributed by atoms with Crippen LogP contribution in [0.2, 0.25) is 0 Å². The SMILES string of the molecule is O=C(Nc1c2c(cc3c1CCC3)CCC2)NS(=O)(=O)c1ccn2c1OCCC2. The number of benzene rings is 1. The van der Waals surface area contributed by atoms with Crippen LogP contribution < -0.4 is 14.8 Å². The molecule has 28 heavy (non-hydrogen) atoms. The van der Waals surface area contributed by atoms with E-state index in [2.05, 4.69) is 16.1 Å². The highest BCUT2D eigenvalue weighted by Crippen LogP contribution is 2.38. The molecule has 1 aliphatic heterocycles. The number of fused-ring (bicyclic) bond motifs is 3. The quantitative estimate of drug-likeness (QED) is 0.828. The average Bonchev–Trinajstić information content (AvgIpc) is 3.39. The zero-order valence-corrected chi connectivity index (χ0v) is 16.4. The molecule has 8 heteroatoms. The Balaban J connectivity index is 1.41. The van der Waals surface area contributed by atoms with Gasteiger partial charge in [0, 0.05) is 18.4 Å². The van der Waals surface area contributed by atoms with E-state index in [-0.39, 0.29) is 4.90 Å². The summed E-state index contributed by atoms with van der Waals surface area (Å²) < 4.78 is 35.0. The largest absolute Gasteiger partial charge is 0.478 e. The third kappa shape index (κ3) is 2.87. The molecule has 148 valence electrons. The lowest BCUT2D eigenvalue weighted by Gasteiger charge is -2.18. The third-order valence-corrected chi connectivity index (χ3v) is 7.23. The van der Waals surface area contributed by atoms with Crippen molar-refractivity contribution in [3.63, 3.8) is 0 Å². The van der Waals surface area contributed by atoms with Crippen molar-refractivity contribution in [2.75, 3.05) is 11.9 Å². The van der Waals surface area contributed by atoms with Crippen LogP contribution in [-0.2, 0) is 42.3 Å². The molecule has 0 radical (unpaired) electrons. The van der Waals surface area contributed by atoms with Crippen molar-refractivity contribution < 1.29 is 17.9 Å². The van der Waals surface area contributed by atoms with Gasteiger partial charge in [-0.3, -0.25) is 0 Å². The number of hydrogen-bond acceptors (Lipinski definition) is 4. The van der Waals surface area contributed by atoms with E-state index in [1.807, 2.05) is 0 Å². The highest BCUT2D eigenvalue weighted by Gasteiger charge is 2.29. The maximum Gasteiger partial charge on any atom is 0.333 e. The van der Waals surface area contributed by atoms with Gasteiger partial charge in [0.25, 0.3) is 10.0 Å². The molecule has 1 aromatic carbocycles. The number of rotatable bonds is 3. The van der Waals surface area contributed by atoms with E-state index >= 15 is 0 Å². The molecule has 5 rings (SSSR count). The highest BCUT2D eigenvalue weighted by molar-refractivity contribution is 7.90. The van der Waals surface area contributed by atoms with Gasteiger partial charge < -0.3 is 14.6 Å². The van der Waals surface area contributed by atoms with Crippen molar-refractivity contribution in [3.8, 4) is 5.88 Å². The highest BCUT2D eigenvalue weighted by atomic mass is 32.2. The lowest BCUT2D eigenvalue weighted by Crippen LogP contribution is -2.35. The Labute approximate surface area is 164 Å². The Hall–Kier alpha value is -2.48. The second kappa shape index (κ2) is 6.55. The van der Waals surface area contributed by atoms with Crippen LogP contribution in [-0.4, -0.2) is 25.6 Å². The van der Waals surface area contributed by atoms with Crippen molar-refractivity contribution in [2.45, 2.75) is 56.4 Å². The molecule has 2 N–H and O–H groups in total. The van der Waals surface area contributed by atoms with Gasteiger partial charge in [-0.25, -0.2) is 17.9 Å². The number of aromatic nitrogens is 1. The molecule has 2 heterocycles. The molecule has 0 saturated carbocycles. The van der Waals surface area contributed by atoms with E-state index in [4.69, 9.17) is 4.74 Å². The number of amides is 2. The van der Waals surface area contributed by atoms with Gasteiger partial charge in [0.15, 0.2) is 0 Å². The summed E-state index contributed by atoms with van der Waals surface area (Å²) in [5.41, 5.74) is 5.73. The number of hydrogen-bond donors (Lipinski definition) is 2. The summed E-state index contributed by atoms with van der Waals surface area (Å²) in [5, 5.41) is 2.86. The molecule has 7 nitrogen and oxygen atoms in total. The maximum absolute atomic E-state index is 12.8. The monoisotopic (exact) mass is 401 g/mol. The van der Waals surface area contributed by atoms with Gasteiger partial charge in [-0.05, 0) is 73.3 Å². The Kier molecular flexibility index (Phi) is 4.12. The van der Waals surface area contributed by atoms with Crippen molar-refractivity contribution in [1.82, 2.24) is 9.29 Å². The molecular weight excluding hydrogens is 378 g/mol. The van der Waals surface area contributed by atoms with Crippen LogP contribution >= 0.6 is 0 Å². The number of carbonyl (C=O) groups excluding carboxylic acids is 1. The fourth-order valence-electron chi connectivity index (χ4n) is 4.66. The number of anilines is 1. The predicted octanol–water partition coefficient (Wildman–Crippen LogP) is 2.76. The van der Waals surface area contributed by atoms with E-state index < -0.39 is 16.1 Å². The zero-order chi connectivity index (χ0) is 19.3. The molecule has 0 saturated heterocycles. The average molecular weight is 401 g/mol. The Morgan fingerprint density at radius 1 is 1.04 bits per heavy atom. The first-order valence-corrected chi connectivity index (χ1v) is 11.3. The summed E-state index contributed by atoms with van der Waals surface area (Å²) in [6, 6.07) is 3.04. The maximum atomic E-state index is 12.8. The van der Waals surface area contributed by atoms with Crippen molar-refractivity contribution >= 4 is 21.7 Å². The Morgan fingerprint density at radius 2 is 1.75 bits per heavy atom. The number of sulfonamides is 1. The number of nitrogens with one attached hydrogen (secondary N) is 2. The zero-order valence-electron chi connectivity index (χ0n) is 15.6. The third-order valence-electron chi connectivity index (χ3n) is 5.89. The van der Waals surface area contributed by atoms with Crippen molar-refractivity contribution in [3.05, 3.63) is 40.6 Å². The Morgan fingerprint density at radius 3 is 2.46 bits per heavy atom. The van der Waals surface area contributed by atoms with Gasteiger partial charge in [-0.1, -0.05) is 6.07 Å². The summed E-state index contributed by atoms with van der Waals surface area (Å²) in [6.07, 6.45) is 8.54. The number of urea groups is 1. The van der Waals surface area contributed by atoms with E-state index in [0.717, 1.165) is 61.8 Å².